The first kappa shape index (κ1) is 14.1. The summed E-state index contributed by atoms with van der Waals surface area (Å²) in [7, 11) is 0. The number of esters is 1. The van der Waals surface area contributed by atoms with Gasteiger partial charge in [0.2, 0.25) is 0 Å². The summed E-state index contributed by atoms with van der Waals surface area (Å²) in [5.74, 6) is 1.10. The summed E-state index contributed by atoms with van der Waals surface area (Å²) in [5, 5.41) is 0. The Morgan fingerprint density at radius 1 is 1.17 bits per heavy atom. The summed E-state index contributed by atoms with van der Waals surface area (Å²) in [5.41, 5.74) is 4.00. The zero-order valence-electron chi connectivity index (χ0n) is 13.0. The maximum Gasteiger partial charge on any atom is 0.389 e. The molecule has 0 amide bonds. The van der Waals surface area contributed by atoms with E-state index in [1.165, 1.54) is 16.7 Å². The second-order valence-corrected chi connectivity index (χ2v) is 5.82. The van der Waals surface area contributed by atoms with Crippen LogP contribution < -0.4 is 9.47 Å². The van der Waals surface area contributed by atoms with Gasteiger partial charge in [-0.2, -0.15) is 0 Å². The molecule has 4 nitrogen and oxygen atoms in total. The number of carbonyl (C=O) groups excluding carboxylic acids is 1. The summed E-state index contributed by atoms with van der Waals surface area (Å²) in [6.07, 6.45) is 1.21. The van der Waals surface area contributed by atoms with Crippen molar-refractivity contribution in [1.29, 1.82) is 0 Å². The van der Waals surface area contributed by atoms with Crippen LogP contribution in [-0.2, 0) is 16.0 Å². The number of aryl methyl sites for hydroxylation is 1. The molecule has 2 atom stereocenters. The SMILES string of the molecule is CCOC(=O)[C@@H]1Oc2ccc([C@@H]3CCc4ccccc43)cc2O1. The average molecular weight is 310 g/mol. The molecule has 2 aliphatic rings. The zero-order chi connectivity index (χ0) is 15.8. The molecule has 1 heterocycles. The molecule has 4 rings (SSSR count). The maximum absolute atomic E-state index is 11.7. The molecule has 1 aliphatic carbocycles. The third kappa shape index (κ3) is 2.44. The Morgan fingerprint density at radius 2 is 2.00 bits per heavy atom. The molecule has 0 bridgehead atoms. The normalized spacial score (nSPS) is 21.1. The smallest absolute Gasteiger partial charge is 0.389 e. The third-order valence-corrected chi connectivity index (χ3v) is 4.45. The molecule has 0 saturated heterocycles. The first-order valence-corrected chi connectivity index (χ1v) is 7.98. The molecule has 0 fully saturated rings. The number of hydrogen-bond donors (Lipinski definition) is 0. The molecule has 2 aromatic carbocycles. The largest absolute Gasteiger partial charge is 0.460 e. The molecule has 0 unspecified atom stereocenters. The van der Waals surface area contributed by atoms with Crippen molar-refractivity contribution in [2.24, 2.45) is 0 Å². The monoisotopic (exact) mass is 310 g/mol. The Balaban J connectivity index is 1.59. The van der Waals surface area contributed by atoms with Gasteiger partial charge in [-0.25, -0.2) is 4.79 Å². The third-order valence-electron chi connectivity index (χ3n) is 4.45. The molecule has 1 aliphatic heterocycles. The molecule has 0 spiro atoms. The van der Waals surface area contributed by atoms with Crippen molar-refractivity contribution in [3.05, 3.63) is 59.2 Å². The van der Waals surface area contributed by atoms with Crippen LogP contribution in [-0.4, -0.2) is 18.9 Å². The topological polar surface area (TPSA) is 44.8 Å². The minimum absolute atomic E-state index is 0.308. The van der Waals surface area contributed by atoms with Crippen molar-refractivity contribution in [2.45, 2.75) is 32.0 Å². The van der Waals surface area contributed by atoms with Gasteiger partial charge in [-0.05, 0) is 48.6 Å². The predicted molar refractivity (Wildman–Crippen MR) is 84.7 cm³/mol. The standard InChI is InChI=1S/C19H18O4/c1-2-21-18(20)19-22-16-10-8-13(11-17(16)23-19)15-9-7-12-5-3-4-6-14(12)15/h3-6,8,10-11,15,19H,2,7,9H2,1H3/t15-,19+/m0/s1. The van der Waals surface area contributed by atoms with Crippen molar-refractivity contribution >= 4 is 5.97 Å². The quantitative estimate of drug-likeness (QED) is 0.815. The number of ether oxygens (including phenoxy) is 3. The van der Waals surface area contributed by atoms with Crippen molar-refractivity contribution in [3.63, 3.8) is 0 Å². The Bertz CT molecular complexity index is 753. The number of fused-ring (bicyclic) bond motifs is 2. The van der Waals surface area contributed by atoms with Crippen LogP contribution in [0.1, 0.15) is 36.0 Å². The van der Waals surface area contributed by atoms with Crippen LogP contribution >= 0.6 is 0 Å². The van der Waals surface area contributed by atoms with E-state index in [2.05, 4.69) is 30.3 Å². The number of hydrogen-bond acceptors (Lipinski definition) is 4. The van der Waals surface area contributed by atoms with Gasteiger partial charge in [-0.15, -0.1) is 0 Å². The van der Waals surface area contributed by atoms with Crippen LogP contribution in [0.15, 0.2) is 42.5 Å². The number of benzene rings is 2. The summed E-state index contributed by atoms with van der Waals surface area (Å²) >= 11 is 0. The summed E-state index contributed by atoms with van der Waals surface area (Å²) in [6, 6.07) is 14.5. The summed E-state index contributed by atoms with van der Waals surface area (Å²) in [4.78, 5) is 11.7. The molecule has 0 radical (unpaired) electrons. The van der Waals surface area contributed by atoms with Crippen LogP contribution in [0.3, 0.4) is 0 Å². The van der Waals surface area contributed by atoms with Crippen LogP contribution in [0.5, 0.6) is 11.5 Å². The van der Waals surface area contributed by atoms with E-state index in [4.69, 9.17) is 14.2 Å². The van der Waals surface area contributed by atoms with Gasteiger partial charge < -0.3 is 14.2 Å². The Kier molecular flexibility index (Phi) is 3.45. The highest BCUT2D eigenvalue weighted by Gasteiger charge is 2.33. The zero-order valence-corrected chi connectivity index (χ0v) is 13.0. The molecule has 4 heteroatoms. The van der Waals surface area contributed by atoms with Gasteiger partial charge in [-0.1, -0.05) is 30.3 Å². The predicted octanol–water partition coefficient (Wildman–Crippen LogP) is 3.43. The van der Waals surface area contributed by atoms with E-state index in [1.54, 1.807) is 6.92 Å². The highest BCUT2D eigenvalue weighted by atomic mass is 16.7. The highest BCUT2D eigenvalue weighted by Crippen LogP contribution is 2.42. The fourth-order valence-corrected chi connectivity index (χ4v) is 3.40. The molecule has 23 heavy (non-hydrogen) atoms. The lowest BCUT2D eigenvalue weighted by Crippen LogP contribution is -2.30. The molecular weight excluding hydrogens is 292 g/mol. The van der Waals surface area contributed by atoms with Crippen LogP contribution in [0.4, 0.5) is 0 Å². The lowest BCUT2D eigenvalue weighted by molar-refractivity contribution is -0.161. The summed E-state index contributed by atoms with van der Waals surface area (Å²) in [6.45, 7) is 2.07. The molecule has 118 valence electrons. The van der Waals surface area contributed by atoms with Crippen molar-refractivity contribution in [3.8, 4) is 11.5 Å². The van der Waals surface area contributed by atoms with E-state index in [0.717, 1.165) is 12.8 Å². The lowest BCUT2D eigenvalue weighted by atomic mass is 9.93. The van der Waals surface area contributed by atoms with Crippen molar-refractivity contribution in [1.82, 2.24) is 0 Å². The molecule has 0 aromatic heterocycles. The van der Waals surface area contributed by atoms with Crippen LogP contribution in [0.25, 0.3) is 0 Å². The number of carbonyl (C=O) groups is 1. The van der Waals surface area contributed by atoms with Gasteiger partial charge in [0, 0.05) is 5.92 Å². The fourth-order valence-electron chi connectivity index (χ4n) is 3.40. The van der Waals surface area contributed by atoms with Crippen LogP contribution in [0.2, 0.25) is 0 Å². The van der Waals surface area contributed by atoms with Crippen molar-refractivity contribution in [2.75, 3.05) is 6.61 Å². The van der Waals surface area contributed by atoms with Gasteiger partial charge in [0.25, 0.3) is 0 Å². The highest BCUT2D eigenvalue weighted by molar-refractivity contribution is 5.75. The molecule has 2 aromatic rings. The van der Waals surface area contributed by atoms with E-state index in [-0.39, 0.29) is 0 Å². The first-order chi connectivity index (χ1) is 11.3. The minimum atomic E-state index is -0.990. The van der Waals surface area contributed by atoms with Gasteiger partial charge in [0.1, 0.15) is 0 Å². The first-order valence-electron chi connectivity index (χ1n) is 7.98. The van der Waals surface area contributed by atoms with E-state index >= 15 is 0 Å². The van der Waals surface area contributed by atoms with Gasteiger partial charge >= 0.3 is 12.3 Å². The van der Waals surface area contributed by atoms with Gasteiger partial charge in [-0.3, -0.25) is 0 Å². The van der Waals surface area contributed by atoms with E-state index in [9.17, 15) is 4.79 Å². The Labute approximate surface area is 135 Å². The van der Waals surface area contributed by atoms with Crippen molar-refractivity contribution < 1.29 is 19.0 Å². The lowest BCUT2D eigenvalue weighted by Gasteiger charge is -2.12. The van der Waals surface area contributed by atoms with E-state index < -0.39 is 12.3 Å². The maximum atomic E-state index is 11.7. The molecule has 0 N–H and O–H groups in total. The number of rotatable bonds is 3. The van der Waals surface area contributed by atoms with E-state index in [1.807, 2.05) is 12.1 Å². The molecule has 0 saturated carbocycles. The minimum Gasteiger partial charge on any atom is -0.460 e. The fraction of sp³-hybridized carbons (Fsp3) is 0.316. The summed E-state index contributed by atoms with van der Waals surface area (Å²) < 4.78 is 16.1. The van der Waals surface area contributed by atoms with Crippen LogP contribution in [0, 0.1) is 0 Å². The van der Waals surface area contributed by atoms with Gasteiger partial charge in [0.05, 0.1) is 6.61 Å². The van der Waals surface area contributed by atoms with Gasteiger partial charge in [0.15, 0.2) is 11.5 Å². The Hall–Kier alpha value is -2.49. The van der Waals surface area contributed by atoms with E-state index in [0.29, 0.717) is 24.0 Å². The average Bonchev–Trinajstić information content (AvgIpc) is 3.18. The second kappa shape index (κ2) is 5.61. The Morgan fingerprint density at radius 3 is 2.87 bits per heavy atom. The molecular formula is C19H18O4. The second-order valence-electron chi connectivity index (χ2n) is 5.82.